The first kappa shape index (κ1) is 12.6. The molecule has 0 aromatic carbocycles. The van der Waals surface area contributed by atoms with Crippen LogP contribution in [0, 0.1) is 12.3 Å². The predicted octanol–water partition coefficient (Wildman–Crippen LogP) is -1.84. The Labute approximate surface area is 102 Å². The van der Waals surface area contributed by atoms with Crippen LogP contribution in [0.3, 0.4) is 0 Å². The molecule has 0 radical (unpaired) electrons. The number of aliphatic hydroxyl groups excluding tert-OH is 2. The predicted molar refractivity (Wildman–Crippen MR) is 60.9 cm³/mol. The highest BCUT2D eigenvalue weighted by atomic mass is 16.5. The Morgan fingerprint density at radius 3 is 2.89 bits per heavy atom. The van der Waals surface area contributed by atoms with E-state index < -0.39 is 29.7 Å². The summed E-state index contributed by atoms with van der Waals surface area (Å²) in [6.07, 6.45) is 4.11. The van der Waals surface area contributed by atoms with Crippen LogP contribution in [0.5, 0.6) is 0 Å². The van der Waals surface area contributed by atoms with Crippen molar-refractivity contribution in [1.82, 2.24) is 9.55 Å². The number of nitrogens with one attached hydrogen (secondary N) is 1. The van der Waals surface area contributed by atoms with Crippen molar-refractivity contribution < 1.29 is 14.9 Å². The number of nitrogens with zero attached hydrogens (tertiary/aromatic N) is 1. The number of hydrogen-bond acceptors (Lipinski definition) is 5. The molecule has 18 heavy (non-hydrogen) atoms. The largest absolute Gasteiger partial charge is 0.394 e. The maximum Gasteiger partial charge on any atom is 0.330 e. The van der Waals surface area contributed by atoms with Gasteiger partial charge in [0, 0.05) is 12.6 Å². The Kier molecular flexibility index (Phi) is 3.34. The summed E-state index contributed by atoms with van der Waals surface area (Å²) in [7, 11) is 0. The number of rotatable bonds is 2. The molecule has 1 fully saturated rings. The first-order valence-electron chi connectivity index (χ1n) is 5.33. The molecular weight excluding hydrogens is 240 g/mol. The van der Waals surface area contributed by atoms with Gasteiger partial charge < -0.3 is 14.9 Å². The average molecular weight is 252 g/mol. The molecule has 0 amide bonds. The fraction of sp³-hybridized carbons (Fsp3) is 0.455. The van der Waals surface area contributed by atoms with Crippen LogP contribution in [0.2, 0.25) is 0 Å². The molecule has 0 bridgehead atoms. The fourth-order valence-corrected chi connectivity index (χ4v) is 1.85. The van der Waals surface area contributed by atoms with Crippen LogP contribution in [0.15, 0.2) is 15.8 Å². The smallest absolute Gasteiger partial charge is 0.330 e. The van der Waals surface area contributed by atoms with E-state index in [0.717, 1.165) is 4.57 Å². The van der Waals surface area contributed by atoms with Gasteiger partial charge in [0.25, 0.3) is 5.56 Å². The summed E-state index contributed by atoms with van der Waals surface area (Å²) >= 11 is 0. The standard InChI is InChI=1S/C11H12N2O5/c1-2-6-4-13(11(17)12-10(6)16)9-3-7(15)8(5-14)18-9/h1,4,7-9,14-15H,3,5H2,(H,12,16,17)/t7-,8-,9-/m1/s1. The SMILES string of the molecule is C#Cc1cn([C@H]2C[C@@H](O)[C@@H](CO)O2)c(=O)[nH]c1=O. The molecule has 2 rings (SSSR count). The molecule has 3 N–H and O–H groups in total. The fourth-order valence-electron chi connectivity index (χ4n) is 1.85. The number of terminal acetylenes is 1. The molecule has 0 unspecified atom stereocenters. The highest BCUT2D eigenvalue weighted by Gasteiger charge is 2.35. The van der Waals surface area contributed by atoms with Crippen LogP contribution < -0.4 is 11.2 Å². The molecule has 1 saturated heterocycles. The van der Waals surface area contributed by atoms with Gasteiger partial charge >= 0.3 is 5.69 Å². The quantitative estimate of drug-likeness (QED) is 0.536. The number of aromatic nitrogens is 2. The third kappa shape index (κ3) is 2.09. The number of hydrogen-bond donors (Lipinski definition) is 3. The van der Waals surface area contributed by atoms with Crippen LogP contribution >= 0.6 is 0 Å². The van der Waals surface area contributed by atoms with Crippen LogP contribution in [0.1, 0.15) is 18.2 Å². The molecule has 1 aliphatic heterocycles. The molecular formula is C11H12N2O5. The normalized spacial score (nSPS) is 27.1. The molecule has 7 nitrogen and oxygen atoms in total. The number of aromatic amines is 1. The minimum absolute atomic E-state index is 0.000128. The first-order valence-corrected chi connectivity index (χ1v) is 5.33. The minimum atomic E-state index is -0.867. The van der Waals surface area contributed by atoms with Gasteiger partial charge in [0.05, 0.1) is 12.7 Å². The second-order valence-electron chi connectivity index (χ2n) is 3.97. The van der Waals surface area contributed by atoms with E-state index in [1.54, 1.807) is 0 Å². The number of H-pyrrole nitrogens is 1. The van der Waals surface area contributed by atoms with Gasteiger partial charge in [-0.15, -0.1) is 6.42 Å². The van der Waals surface area contributed by atoms with Crippen LogP contribution in [-0.2, 0) is 4.74 Å². The van der Waals surface area contributed by atoms with E-state index >= 15 is 0 Å². The molecule has 0 aliphatic carbocycles. The van der Waals surface area contributed by atoms with Gasteiger partial charge in [-0.05, 0) is 0 Å². The van der Waals surface area contributed by atoms with E-state index in [4.69, 9.17) is 16.3 Å². The Morgan fingerprint density at radius 1 is 1.61 bits per heavy atom. The molecule has 0 saturated carbocycles. The first-order chi connectivity index (χ1) is 8.56. The van der Waals surface area contributed by atoms with Gasteiger partial charge in [0.1, 0.15) is 17.9 Å². The zero-order chi connectivity index (χ0) is 13.3. The highest BCUT2D eigenvalue weighted by Crippen LogP contribution is 2.27. The van der Waals surface area contributed by atoms with E-state index in [1.165, 1.54) is 6.20 Å². The molecule has 3 atom stereocenters. The van der Waals surface area contributed by atoms with Crippen LogP contribution in [0.25, 0.3) is 0 Å². The molecule has 0 spiro atoms. The van der Waals surface area contributed by atoms with Gasteiger partial charge in [-0.1, -0.05) is 5.92 Å². The highest BCUT2D eigenvalue weighted by molar-refractivity contribution is 5.26. The second kappa shape index (κ2) is 4.78. The monoisotopic (exact) mass is 252 g/mol. The van der Waals surface area contributed by atoms with Crippen molar-refractivity contribution >= 4 is 0 Å². The van der Waals surface area contributed by atoms with Crippen molar-refractivity contribution in [3.05, 3.63) is 32.6 Å². The summed E-state index contributed by atoms with van der Waals surface area (Å²) in [5, 5.41) is 18.5. The Bertz CT molecular complexity index is 597. The second-order valence-corrected chi connectivity index (χ2v) is 3.97. The van der Waals surface area contributed by atoms with Gasteiger partial charge in [-0.2, -0.15) is 0 Å². The summed E-state index contributed by atoms with van der Waals surface area (Å²) in [6, 6.07) is 0. The molecule has 7 heteroatoms. The summed E-state index contributed by atoms with van der Waals surface area (Å²) < 4.78 is 6.41. The molecule has 1 aliphatic rings. The lowest BCUT2D eigenvalue weighted by Gasteiger charge is -2.14. The third-order valence-electron chi connectivity index (χ3n) is 2.82. The maximum atomic E-state index is 11.6. The number of ether oxygens (including phenoxy) is 1. The maximum absolute atomic E-state index is 11.6. The number of aliphatic hydroxyl groups is 2. The van der Waals surface area contributed by atoms with Crippen molar-refractivity contribution in [2.24, 2.45) is 0 Å². The van der Waals surface area contributed by atoms with E-state index in [-0.39, 0.29) is 18.6 Å². The zero-order valence-corrected chi connectivity index (χ0v) is 9.37. The van der Waals surface area contributed by atoms with Gasteiger partial charge in [-0.3, -0.25) is 14.3 Å². The van der Waals surface area contributed by atoms with E-state index in [9.17, 15) is 14.7 Å². The molecule has 1 aromatic rings. The van der Waals surface area contributed by atoms with E-state index in [0.29, 0.717) is 0 Å². The topological polar surface area (TPSA) is 105 Å². The van der Waals surface area contributed by atoms with Gasteiger partial charge in [0.2, 0.25) is 0 Å². The van der Waals surface area contributed by atoms with E-state index in [2.05, 4.69) is 10.9 Å². The van der Waals surface area contributed by atoms with Crippen molar-refractivity contribution in [1.29, 1.82) is 0 Å². The lowest BCUT2D eigenvalue weighted by Crippen LogP contribution is -2.33. The van der Waals surface area contributed by atoms with E-state index in [1.807, 2.05) is 0 Å². The van der Waals surface area contributed by atoms with Gasteiger partial charge in [0.15, 0.2) is 0 Å². The van der Waals surface area contributed by atoms with Crippen molar-refractivity contribution in [2.45, 2.75) is 24.9 Å². The Morgan fingerprint density at radius 2 is 2.33 bits per heavy atom. The van der Waals surface area contributed by atoms with Crippen molar-refractivity contribution in [2.75, 3.05) is 6.61 Å². The Hall–Kier alpha value is -1.88. The van der Waals surface area contributed by atoms with Crippen LogP contribution in [-0.4, -0.2) is 38.6 Å². The van der Waals surface area contributed by atoms with Crippen LogP contribution in [0.4, 0.5) is 0 Å². The lowest BCUT2D eigenvalue weighted by atomic mass is 10.2. The minimum Gasteiger partial charge on any atom is -0.394 e. The third-order valence-corrected chi connectivity index (χ3v) is 2.82. The summed E-state index contributed by atoms with van der Waals surface area (Å²) in [5.41, 5.74) is -1.31. The summed E-state index contributed by atoms with van der Waals surface area (Å²) in [6.45, 7) is -0.349. The lowest BCUT2D eigenvalue weighted by molar-refractivity contribution is -0.0459. The van der Waals surface area contributed by atoms with Crippen molar-refractivity contribution in [3.63, 3.8) is 0 Å². The molecule has 96 valence electrons. The Balaban J connectivity index is 2.39. The van der Waals surface area contributed by atoms with Gasteiger partial charge in [-0.25, -0.2) is 4.79 Å². The average Bonchev–Trinajstić information content (AvgIpc) is 2.70. The summed E-state index contributed by atoms with van der Waals surface area (Å²) in [4.78, 5) is 25.0. The molecule has 1 aromatic heterocycles. The summed E-state index contributed by atoms with van der Waals surface area (Å²) in [5.74, 6) is 2.15. The molecule has 2 heterocycles. The zero-order valence-electron chi connectivity index (χ0n) is 9.37. The van der Waals surface area contributed by atoms with Crippen molar-refractivity contribution in [3.8, 4) is 12.3 Å².